The molecular weight excluding hydrogens is 300 g/mol. The van der Waals surface area contributed by atoms with Crippen LogP contribution in [0.15, 0.2) is 37.0 Å². The molecule has 3 heteroatoms. The third-order valence-corrected chi connectivity index (χ3v) is 6.12. The maximum Gasteiger partial charge on any atom is 0.161 e. The third-order valence-electron chi connectivity index (χ3n) is 6.12. The van der Waals surface area contributed by atoms with Gasteiger partial charge in [0, 0.05) is 11.8 Å². The van der Waals surface area contributed by atoms with E-state index < -0.39 is 11.7 Å². The summed E-state index contributed by atoms with van der Waals surface area (Å²) in [6.45, 7) is 11.9. The molecule has 134 valence electrons. The van der Waals surface area contributed by atoms with Gasteiger partial charge >= 0.3 is 0 Å². The molecule has 2 aliphatic carbocycles. The number of rotatable bonds is 8. The van der Waals surface area contributed by atoms with Crippen LogP contribution in [0.25, 0.3) is 0 Å². The van der Waals surface area contributed by atoms with Crippen molar-refractivity contribution < 1.29 is 15.0 Å². The van der Waals surface area contributed by atoms with Crippen molar-refractivity contribution >= 4 is 5.78 Å². The summed E-state index contributed by atoms with van der Waals surface area (Å²) in [6.07, 6.45) is 10.0. The Morgan fingerprint density at radius 3 is 2.79 bits per heavy atom. The number of carbonyl (C=O) groups is 1. The highest BCUT2D eigenvalue weighted by molar-refractivity contribution is 5.99. The highest BCUT2D eigenvalue weighted by Crippen LogP contribution is 2.48. The molecule has 2 unspecified atom stereocenters. The van der Waals surface area contributed by atoms with Gasteiger partial charge in [-0.1, -0.05) is 51.5 Å². The van der Waals surface area contributed by atoms with E-state index in [0.29, 0.717) is 24.8 Å². The van der Waals surface area contributed by atoms with E-state index >= 15 is 0 Å². The van der Waals surface area contributed by atoms with Crippen LogP contribution in [-0.2, 0) is 4.79 Å². The monoisotopic (exact) mass is 332 g/mol. The summed E-state index contributed by atoms with van der Waals surface area (Å²) in [5.41, 5.74) is -0.213. The molecule has 0 aliphatic heterocycles. The fraction of sp³-hybridized carbons (Fsp3) is 0.667. The Balaban J connectivity index is 2.00. The zero-order valence-corrected chi connectivity index (χ0v) is 15.1. The first kappa shape index (κ1) is 19.1. The molecule has 2 saturated carbocycles. The first-order chi connectivity index (χ1) is 11.3. The normalized spacial score (nSPS) is 33.7. The van der Waals surface area contributed by atoms with E-state index in [0.717, 1.165) is 19.3 Å². The van der Waals surface area contributed by atoms with Gasteiger partial charge in [0.05, 0.1) is 11.7 Å². The van der Waals surface area contributed by atoms with Crippen LogP contribution < -0.4 is 0 Å². The Kier molecular flexibility index (Phi) is 6.22. The summed E-state index contributed by atoms with van der Waals surface area (Å²) in [6, 6.07) is 0. The highest BCUT2D eigenvalue weighted by Gasteiger charge is 2.49. The topological polar surface area (TPSA) is 57.5 Å². The standard InChI is InChI=1S/C21H32O3/c1-5-7-9-15(4)21(24,6-2)11-8-10-16-17-12-14(3)20(23)18(17)13-19(16)22/h6,8,10,15-19,22,24H,2-3,5,7,9,11-13H2,1,4H3/t15?,16-,17-,18-,19+,21?/m0/s1. The van der Waals surface area contributed by atoms with Crippen LogP contribution in [0, 0.1) is 23.7 Å². The molecule has 0 amide bonds. The predicted molar refractivity (Wildman–Crippen MR) is 97.5 cm³/mol. The van der Waals surface area contributed by atoms with Crippen molar-refractivity contribution in [3.63, 3.8) is 0 Å². The highest BCUT2D eigenvalue weighted by atomic mass is 16.3. The average Bonchev–Trinajstić information content (AvgIpc) is 3.01. The van der Waals surface area contributed by atoms with Crippen LogP contribution in [0.1, 0.15) is 52.4 Å². The molecule has 2 rings (SSSR count). The van der Waals surface area contributed by atoms with E-state index in [2.05, 4.69) is 27.0 Å². The Labute approximate surface area is 146 Å². The van der Waals surface area contributed by atoms with Crippen molar-refractivity contribution in [3.05, 3.63) is 37.0 Å². The predicted octanol–water partition coefficient (Wildman–Crippen LogP) is 3.82. The summed E-state index contributed by atoms with van der Waals surface area (Å²) < 4.78 is 0. The molecule has 0 radical (unpaired) electrons. The van der Waals surface area contributed by atoms with Gasteiger partial charge in [0.15, 0.2) is 5.78 Å². The summed E-state index contributed by atoms with van der Waals surface area (Å²) in [4.78, 5) is 12.1. The number of ketones is 1. The third kappa shape index (κ3) is 3.73. The number of carbonyl (C=O) groups excluding carboxylic acids is 1. The van der Waals surface area contributed by atoms with E-state index in [1.807, 2.05) is 12.2 Å². The molecule has 0 aromatic rings. The molecular formula is C21H32O3. The van der Waals surface area contributed by atoms with Gasteiger partial charge in [-0.25, -0.2) is 0 Å². The quantitative estimate of drug-likeness (QED) is 0.525. The number of fused-ring (bicyclic) bond motifs is 1. The zero-order chi connectivity index (χ0) is 17.9. The van der Waals surface area contributed by atoms with E-state index in [9.17, 15) is 15.0 Å². The van der Waals surface area contributed by atoms with Gasteiger partial charge in [-0.3, -0.25) is 4.79 Å². The lowest BCUT2D eigenvalue weighted by atomic mass is 9.82. The largest absolute Gasteiger partial charge is 0.392 e. The smallest absolute Gasteiger partial charge is 0.161 e. The molecule has 3 nitrogen and oxygen atoms in total. The molecule has 6 atom stereocenters. The molecule has 0 aromatic heterocycles. The maximum atomic E-state index is 12.1. The number of hydrogen-bond donors (Lipinski definition) is 2. The van der Waals surface area contributed by atoms with Gasteiger partial charge in [-0.15, -0.1) is 6.58 Å². The lowest BCUT2D eigenvalue weighted by molar-refractivity contribution is -0.118. The number of Topliss-reactive ketones (excluding diaryl/α,β-unsaturated/α-hetero) is 1. The summed E-state index contributed by atoms with van der Waals surface area (Å²) in [7, 11) is 0. The first-order valence-electron chi connectivity index (χ1n) is 9.26. The average molecular weight is 332 g/mol. The summed E-state index contributed by atoms with van der Waals surface area (Å²) >= 11 is 0. The second kappa shape index (κ2) is 7.79. The SMILES string of the molecule is C=CC(O)(CC=C[C@H]1[C@@H]2CC(=C)C(=O)[C@H]2C[C@H]1O)C(C)CCCC. The second-order valence-electron chi connectivity index (χ2n) is 7.69. The van der Waals surface area contributed by atoms with Gasteiger partial charge in [-0.2, -0.15) is 0 Å². The molecule has 2 fully saturated rings. The molecule has 0 aromatic carbocycles. The Morgan fingerprint density at radius 2 is 2.17 bits per heavy atom. The van der Waals surface area contributed by atoms with E-state index in [1.165, 1.54) is 0 Å². The zero-order valence-electron chi connectivity index (χ0n) is 15.1. The summed E-state index contributed by atoms with van der Waals surface area (Å²) in [5.74, 6) is 0.368. The van der Waals surface area contributed by atoms with Crippen molar-refractivity contribution in [1.82, 2.24) is 0 Å². The number of aliphatic hydroxyl groups excluding tert-OH is 1. The first-order valence-corrected chi connectivity index (χ1v) is 9.26. The van der Waals surface area contributed by atoms with Crippen LogP contribution in [0.2, 0.25) is 0 Å². The van der Waals surface area contributed by atoms with Crippen LogP contribution >= 0.6 is 0 Å². The molecule has 0 saturated heterocycles. The van der Waals surface area contributed by atoms with Crippen LogP contribution in [-0.4, -0.2) is 27.7 Å². The maximum absolute atomic E-state index is 12.1. The molecule has 24 heavy (non-hydrogen) atoms. The number of aliphatic hydroxyl groups is 2. The minimum atomic E-state index is -0.913. The van der Waals surface area contributed by atoms with E-state index in [4.69, 9.17) is 0 Å². The van der Waals surface area contributed by atoms with Crippen molar-refractivity contribution in [2.24, 2.45) is 23.7 Å². The summed E-state index contributed by atoms with van der Waals surface area (Å²) in [5, 5.41) is 21.1. The Hall–Kier alpha value is -1.19. The molecule has 2 N–H and O–H groups in total. The van der Waals surface area contributed by atoms with Gasteiger partial charge in [-0.05, 0) is 43.1 Å². The second-order valence-corrected chi connectivity index (χ2v) is 7.69. The van der Waals surface area contributed by atoms with Gasteiger partial charge in [0.1, 0.15) is 0 Å². The minimum absolute atomic E-state index is 0.0155. The van der Waals surface area contributed by atoms with Crippen LogP contribution in [0.5, 0.6) is 0 Å². The number of allylic oxidation sites excluding steroid dienone is 1. The van der Waals surface area contributed by atoms with Gasteiger partial charge in [0.2, 0.25) is 0 Å². The van der Waals surface area contributed by atoms with Crippen molar-refractivity contribution in [2.45, 2.75) is 64.1 Å². The van der Waals surface area contributed by atoms with Crippen LogP contribution in [0.4, 0.5) is 0 Å². The lowest BCUT2D eigenvalue weighted by Crippen LogP contribution is -2.33. The van der Waals surface area contributed by atoms with Crippen molar-refractivity contribution in [3.8, 4) is 0 Å². The van der Waals surface area contributed by atoms with Gasteiger partial charge in [0.25, 0.3) is 0 Å². The van der Waals surface area contributed by atoms with Crippen molar-refractivity contribution in [1.29, 1.82) is 0 Å². The van der Waals surface area contributed by atoms with E-state index in [1.54, 1.807) is 6.08 Å². The lowest BCUT2D eigenvalue weighted by Gasteiger charge is -2.30. The number of hydrogen-bond acceptors (Lipinski definition) is 3. The fourth-order valence-corrected chi connectivity index (χ4v) is 4.30. The van der Waals surface area contributed by atoms with Crippen LogP contribution in [0.3, 0.4) is 0 Å². The Bertz CT molecular complexity index is 521. The Morgan fingerprint density at radius 1 is 1.46 bits per heavy atom. The van der Waals surface area contributed by atoms with E-state index in [-0.39, 0.29) is 29.5 Å². The van der Waals surface area contributed by atoms with Gasteiger partial charge < -0.3 is 10.2 Å². The minimum Gasteiger partial charge on any atom is -0.392 e. The molecule has 0 spiro atoms. The van der Waals surface area contributed by atoms with Crippen molar-refractivity contribution in [2.75, 3.05) is 0 Å². The fourth-order valence-electron chi connectivity index (χ4n) is 4.30. The molecule has 0 heterocycles. The molecule has 0 bridgehead atoms. The number of unbranched alkanes of at least 4 members (excludes halogenated alkanes) is 1. The molecule has 2 aliphatic rings.